The summed E-state index contributed by atoms with van der Waals surface area (Å²) >= 11 is 0. The molecule has 0 bridgehead atoms. The van der Waals surface area contributed by atoms with E-state index in [0.717, 1.165) is 16.5 Å². The number of para-hydroxylation sites is 1. The first-order valence-electron chi connectivity index (χ1n) is 8.37. The number of hydrogen-bond acceptors (Lipinski definition) is 6. The third-order valence-electron chi connectivity index (χ3n) is 4.14. The molecule has 0 aliphatic rings. The molecule has 0 unspecified atom stereocenters. The number of oxime groups is 1. The Balaban J connectivity index is 1.65. The van der Waals surface area contributed by atoms with E-state index in [1.165, 1.54) is 13.3 Å². The molecule has 2 aromatic carbocycles. The van der Waals surface area contributed by atoms with E-state index in [9.17, 15) is 9.90 Å². The van der Waals surface area contributed by atoms with Crippen LogP contribution >= 0.6 is 0 Å². The van der Waals surface area contributed by atoms with E-state index in [1.54, 1.807) is 24.3 Å². The number of carbonyl (C=O) groups excluding carboxylic acids is 1. The van der Waals surface area contributed by atoms with Crippen molar-refractivity contribution in [2.45, 2.75) is 12.6 Å². The van der Waals surface area contributed by atoms with E-state index in [1.807, 2.05) is 35.0 Å². The van der Waals surface area contributed by atoms with Crippen molar-refractivity contribution >= 4 is 23.1 Å². The molecule has 1 heterocycles. The first kappa shape index (κ1) is 18.5. The van der Waals surface area contributed by atoms with Crippen LogP contribution in [0, 0.1) is 0 Å². The van der Waals surface area contributed by atoms with Crippen LogP contribution < -0.4 is 4.74 Å². The second-order valence-corrected chi connectivity index (χ2v) is 5.98. The normalized spacial score (nSPS) is 12.4. The minimum absolute atomic E-state index is 0.0908. The molecule has 7 heteroatoms. The van der Waals surface area contributed by atoms with Gasteiger partial charge in [0.15, 0.2) is 0 Å². The van der Waals surface area contributed by atoms with Crippen molar-refractivity contribution in [3.63, 3.8) is 0 Å². The van der Waals surface area contributed by atoms with Crippen LogP contribution in [0.1, 0.15) is 15.9 Å². The zero-order chi connectivity index (χ0) is 19.2. The van der Waals surface area contributed by atoms with Gasteiger partial charge < -0.3 is 24.4 Å². The lowest BCUT2D eigenvalue weighted by Crippen LogP contribution is -2.23. The third kappa shape index (κ3) is 4.27. The van der Waals surface area contributed by atoms with E-state index >= 15 is 0 Å². The molecule has 2 N–H and O–H groups in total. The van der Waals surface area contributed by atoms with Crippen molar-refractivity contribution in [1.82, 2.24) is 4.57 Å². The second kappa shape index (κ2) is 8.37. The Morgan fingerprint density at radius 2 is 1.96 bits per heavy atom. The van der Waals surface area contributed by atoms with Gasteiger partial charge >= 0.3 is 5.97 Å². The molecule has 0 aliphatic carbocycles. The fourth-order valence-electron chi connectivity index (χ4n) is 2.87. The van der Waals surface area contributed by atoms with Crippen molar-refractivity contribution in [2.24, 2.45) is 5.16 Å². The number of benzene rings is 2. The van der Waals surface area contributed by atoms with Crippen LogP contribution in [0.15, 0.2) is 59.9 Å². The third-order valence-corrected chi connectivity index (χ3v) is 4.14. The van der Waals surface area contributed by atoms with Crippen LogP contribution in [-0.4, -0.2) is 46.9 Å². The predicted octanol–water partition coefficient (Wildman–Crippen LogP) is 2.68. The van der Waals surface area contributed by atoms with E-state index in [-0.39, 0.29) is 6.61 Å². The molecule has 27 heavy (non-hydrogen) atoms. The maximum Gasteiger partial charge on any atom is 0.337 e. The quantitative estimate of drug-likeness (QED) is 0.289. The number of aliphatic hydroxyl groups excluding tert-OH is 1. The van der Waals surface area contributed by atoms with Gasteiger partial charge in [0.2, 0.25) is 0 Å². The fraction of sp³-hybridized carbons (Fsp3) is 0.200. The highest BCUT2D eigenvalue weighted by Gasteiger charge is 2.12. The SMILES string of the molecule is COC(=O)c1ccc(OC[C@@H](O)Cn2cc(/C=N\O)c3ccccc32)cc1. The van der Waals surface area contributed by atoms with Gasteiger partial charge in [0.1, 0.15) is 18.5 Å². The zero-order valence-corrected chi connectivity index (χ0v) is 14.8. The second-order valence-electron chi connectivity index (χ2n) is 5.98. The van der Waals surface area contributed by atoms with E-state index < -0.39 is 12.1 Å². The Bertz CT molecular complexity index is 947. The molecule has 7 nitrogen and oxygen atoms in total. The predicted molar refractivity (Wildman–Crippen MR) is 101 cm³/mol. The van der Waals surface area contributed by atoms with Gasteiger partial charge in [-0.3, -0.25) is 0 Å². The molecule has 140 valence electrons. The lowest BCUT2D eigenvalue weighted by Gasteiger charge is -2.14. The summed E-state index contributed by atoms with van der Waals surface area (Å²) in [5.74, 6) is 0.135. The summed E-state index contributed by atoms with van der Waals surface area (Å²) in [5.41, 5.74) is 2.12. The van der Waals surface area contributed by atoms with Crippen molar-refractivity contribution in [2.75, 3.05) is 13.7 Å². The van der Waals surface area contributed by atoms with Crippen LogP contribution in [0.5, 0.6) is 5.75 Å². The number of methoxy groups -OCH3 is 1. The molecule has 0 spiro atoms. The average molecular weight is 368 g/mol. The summed E-state index contributed by atoms with van der Waals surface area (Å²) in [6.45, 7) is 0.410. The van der Waals surface area contributed by atoms with Gasteiger partial charge in [-0.25, -0.2) is 4.79 Å². The number of aliphatic hydroxyl groups is 1. The fourth-order valence-corrected chi connectivity index (χ4v) is 2.87. The molecule has 0 amide bonds. The van der Waals surface area contributed by atoms with Crippen LogP contribution in [0.4, 0.5) is 0 Å². The summed E-state index contributed by atoms with van der Waals surface area (Å²) in [6.07, 6.45) is 2.43. The lowest BCUT2D eigenvalue weighted by molar-refractivity contribution is 0.0600. The minimum Gasteiger partial charge on any atom is -0.491 e. The smallest absolute Gasteiger partial charge is 0.337 e. The van der Waals surface area contributed by atoms with Gasteiger partial charge in [-0.05, 0) is 30.3 Å². The largest absolute Gasteiger partial charge is 0.491 e. The first-order valence-corrected chi connectivity index (χ1v) is 8.37. The minimum atomic E-state index is -0.750. The summed E-state index contributed by atoms with van der Waals surface area (Å²) in [6, 6.07) is 14.2. The number of esters is 1. The molecule has 0 saturated heterocycles. The maximum absolute atomic E-state index is 11.4. The van der Waals surface area contributed by atoms with Crippen molar-refractivity contribution in [1.29, 1.82) is 0 Å². The van der Waals surface area contributed by atoms with Crippen LogP contribution in [-0.2, 0) is 11.3 Å². The van der Waals surface area contributed by atoms with Crippen molar-refractivity contribution in [3.05, 3.63) is 65.9 Å². The number of fused-ring (bicyclic) bond motifs is 1. The molecule has 1 aromatic heterocycles. The number of aromatic nitrogens is 1. The topological polar surface area (TPSA) is 93.3 Å². The molecule has 0 radical (unpaired) electrons. The highest BCUT2D eigenvalue weighted by molar-refractivity contribution is 5.99. The molecule has 0 fully saturated rings. The van der Waals surface area contributed by atoms with Crippen LogP contribution in [0.3, 0.4) is 0 Å². The van der Waals surface area contributed by atoms with Crippen molar-refractivity contribution < 1.29 is 24.6 Å². The Morgan fingerprint density at radius 1 is 1.22 bits per heavy atom. The number of ether oxygens (including phenoxy) is 2. The number of rotatable bonds is 7. The maximum atomic E-state index is 11.4. The van der Waals surface area contributed by atoms with Gasteiger partial charge in [0.05, 0.1) is 25.4 Å². The van der Waals surface area contributed by atoms with Crippen LogP contribution in [0.2, 0.25) is 0 Å². The molecular weight excluding hydrogens is 348 g/mol. The zero-order valence-electron chi connectivity index (χ0n) is 14.8. The standard InChI is InChI=1S/C20H20N2O5/c1-26-20(24)14-6-8-17(9-7-14)27-13-16(23)12-22-11-15(10-21-25)18-4-2-3-5-19(18)22/h2-11,16,23,25H,12-13H2,1H3/b21-10-/t16-/m0/s1. The molecule has 0 aliphatic heterocycles. The van der Waals surface area contributed by atoms with Gasteiger partial charge in [-0.2, -0.15) is 0 Å². The number of carbonyl (C=O) groups is 1. The molecule has 3 aromatic rings. The van der Waals surface area contributed by atoms with Gasteiger partial charge in [0, 0.05) is 22.7 Å². The monoisotopic (exact) mass is 368 g/mol. The highest BCUT2D eigenvalue weighted by atomic mass is 16.5. The Morgan fingerprint density at radius 3 is 2.67 bits per heavy atom. The summed E-state index contributed by atoms with van der Waals surface area (Å²) in [4.78, 5) is 11.4. The first-order chi connectivity index (χ1) is 13.1. The molecule has 3 rings (SSSR count). The molecule has 1 atom stereocenters. The van der Waals surface area contributed by atoms with E-state index in [2.05, 4.69) is 9.89 Å². The Kier molecular flexibility index (Phi) is 5.73. The van der Waals surface area contributed by atoms with Gasteiger partial charge in [-0.1, -0.05) is 23.4 Å². The van der Waals surface area contributed by atoms with E-state index in [4.69, 9.17) is 9.94 Å². The lowest BCUT2D eigenvalue weighted by atomic mass is 10.2. The summed E-state index contributed by atoms with van der Waals surface area (Å²) in [5, 5.41) is 23.2. The molecular formula is C20H20N2O5. The molecule has 0 saturated carbocycles. The number of hydrogen-bond donors (Lipinski definition) is 2. The van der Waals surface area contributed by atoms with Crippen molar-refractivity contribution in [3.8, 4) is 5.75 Å². The van der Waals surface area contributed by atoms with Gasteiger partial charge in [-0.15, -0.1) is 0 Å². The highest BCUT2D eigenvalue weighted by Crippen LogP contribution is 2.21. The summed E-state index contributed by atoms with van der Waals surface area (Å²) in [7, 11) is 1.33. The Labute approximate surface area is 156 Å². The summed E-state index contributed by atoms with van der Waals surface area (Å²) < 4.78 is 12.1. The van der Waals surface area contributed by atoms with Gasteiger partial charge in [0.25, 0.3) is 0 Å². The number of nitrogens with zero attached hydrogens (tertiary/aromatic N) is 2. The average Bonchev–Trinajstić information content (AvgIpc) is 3.04. The van der Waals surface area contributed by atoms with Crippen LogP contribution in [0.25, 0.3) is 10.9 Å². The van der Waals surface area contributed by atoms with E-state index in [0.29, 0.717) is 17.9 Å². The Hall–Kier alpha value is -3.32.